The van der Waals surface area contributed by atoms with Crippen molar-refractivity contribution in [3.8, 4) is 17.2 Å². The molecular formula is C18H17FN2O5. The van der Waals surface area contributed by atoms with Gasteiger partial charge < -0.3 is 25.1 Å². The predicted molar refractivity (Wildman–Crippen MR) is 89.6 cm³/mol. The molecule has 0 aliphatic carbocycles. The number of piperazine rings is 1. The van der Waals surface area contributed by atoms with Crippen molar-refractivity contribution in [2.75, 3.05) is 26.2 Å². The molecule has 0 spiro atoms. The van der Waals surface area contributed by atoms with Gasteiger partial charge in [0.2, 0.25) is 0 Å². The minimum absolute atomic E-state index is 0.0303. The molecule has 2 amide bonds. The molecule has 8 heteroatoms. The number of nitrogens with zero attached hydrogens (tertiary/aromatic N) is 2. The second kappa shape index (κ2) is 6.91. The zero-order valence-electron chi connectivity index (χ0n) is 13.7. The maximum atomic E-state index is 13.3. The number of amides is 2. The van der Waals surface area contributed by atoms with Crippen LogP contribution in [0.5, 0.6) is 17.2 Å². The Morgan fingerprint density at radius 3 is 1.81 bits per heavy atom. The van der Waals surface area contributed by atoms with E-state index in [1.54, 1.807) is 0 Å². The van der Waals surface area contributed by atoms with E-state index < -0.39 is 29.0 Å². The Labute approximate surface area is 148 Å². The molecule has 1 fully saturated rings. The minimum atomic E-state index is -0.688. The number of benzene rings is 2. The first-order valence-corrected chi connectivity index (χ1v) is 7.96. The Kier molecular flexibility index (Phi) is 4.66. The quantitative estimate of drug-likeness (QED) is 0.705. The van der Waals surface area contributed by atoms with Gasteiger partial charge >= 0.3 is 0 Å². The van der Waals surface area contributed by atoms with Gasteiger partial charge in [-0.05, 0) is 30.3 Å². The SMILES string of the molecule is O=C(c1cccc(F)c1)N1CCN(C(=O)c2cc(O)c(O)c(O)c2)CC1. The molecule has 0 bridgehead atoms. The maximum Gasteiger partial charge on any atom is 0.254 e. The van der Waals surface area contributed by atoms with E-state index in [-0.39, 0.29) is 43.2 Å². The zero-order valence-corrected chi connectivity index (χ0v) is 13.7. The zero-order chi connectivity index (χ0) is 18.8. The maximum absolute atomic E-state index is 13.3. The number of aromatic hydroxyl groups is 3. The Morgan fingerprint density at radius 1 is 0.808 bits per heavy atom. The number of phenolic OH excluding ortho intramolecular Hbond substituents is 3. The Balaban J connectivity index is 1.66. The average molecular weight is 360 g/mol. The average Bonchev–Trinajstić information content (AvgIpc) is 2.64. The highest BCUT2D eigenvalue weighted by Gasteiger charge is 2.26. The van der Waals surface area contributed by atoms with Crippen LogP contribution in [0.2, 0.25) is 0 Å². The van der Waals surface area contributed by atoms with Crippen LogP contribution in [-0.2, 0) is 0 Å². The van der Waals surface area contributed by atoms with Crippen LogP contribution < -0.4 is 0 Å². The summed E-state index contributed by atoms with van der Waals surface area (Å²) in [6, 6.07) is 7.57. The molecule has 1 saturated heterocycles. The van der Waals surface area contributed by atoms with Gasteiger partial charge in [0, 0.05) is 37.3 Å². The Bertz CT molecular complexity index is 839. The first-order valence-electron chi connectivity index (χ1n) is 7.96. The van der Waals surface area contributed by atoms with E-state index in [2.05, 4.69) is 0 Å². The summed E-state index contributed by atoms with van der Waals surface area (Å²) >= 11 is 0. The van der Waals surface area contributed by atoms with Crippen molar-refractivity contribution in [1.29, 1.82) is 0 Å². The third-order valence-corrected chi connectivity index (χ3v) is 4.24. The van der Waals surface area contributed by atoms with Gasteiger partial charge in [-0.3, -0.25) is 9.59 Å². The molecule has 0 unspecified atom stereocenters. The summed E-state index contributed by atoms with van der Waals surface area (Å²) in [5, 5.41) is 28.4. The largest absolute Gasteiger partial charge is 0.504 e. The van der Waals surface area contributed by atoms with Crippen LogP contribution in [0.3, 0.4) is 0 Å². The topological polar surface area (TPSA) is 101 Å². The molecule has 136 valence electrons. The highest BCUT2D eigenvalue weighted by atomic mass is 19.1. The van der Waals surface area contributed by atoms with Crippen molar-refractivity contribution in [2.45, 2.75) is 0 Å². The Morgan fingerprint density at radius 2 is 1.31 bits per heavy atom. The lowest BCUT2D eigenvalue weighted by Crippen LogP contribution is -2.50. The van der Waals surface area contributed by atoms with Crippen molar-refractivity contribution < 1.29 is 29.3 Å². The van der Waals surface area contributed by atoms with E-state index in [1.165, 1.54) is 34.1 Å². The predicted octanol–water partition coefficient (Wildman–Crippen LogP) is 1.54. The molecule has 1 aliphatic rings. The number of hydrogen-bond acceptors (Lipinski definition) is 5. The van der Waals surface area contributed by atoms with E-state index in [1.807, 2.05) is 0 Å². The highest BCUT2D eigenvalue weighted by Crippen LogP contribution is 2.35. The van der Waals surface area contributed by atoms with Crippen LogP contribution in [0.15, 0.2) is 36.4 Å². The normalized spacial score (nSPS) is 14.3. The lowest BCUT2D eigenvalue weighted by atomic mass is 10.1. The summed E-state index contributed by atoms with van der Waals surface area (Å²) in [5.74, 6) is -3.10. The van der Waals surface area contributed by atoms with Crippen LogP contribution in [0.1, 0.15) is 20.7 Å². The molecule has 7 nitrogen and oxygen atoms in total. The molecule has 1 heterocycles. The van der Waals surface area contributed by atoms with Crippen molar-refractivity contribution in [3.63, 3.8) is 0 Å². The fourth-order valence-electron chi connectivity index (χ4n) is 2.83. The van der Waals surface area contributed by atoms with Crippen LogP contribution in [0.4, 0.5) is 4.39 Å². The fourth-order valence-corrected chi connectivity index (χ4v) is 2.83. The van der Waals surface area contributed by atoms with E-state index >= 15 is 0 Å². The van der Waals surface area contributed by atoms with Gasteiger partial charge in [-0.1, -0.05) is 6.07 Å². The second-order valence-corrected chi connectivity index (χ2v) is 5.96. The summed E-state index contributed by atoms with van der Waals surface area (Å²) in [6.07, 6.45) is 0. The van der Waals surface area contributed by atoms with Crippen LogP contribution in [0.25, 0.3) is 0 Å². The van der Waals surface area contributed by atoms with Gasteiger partial charge in [-0.2, -0.15) is 0 Å². The Hall–Kier alpha value is -3.29. The lowest BCUT2D eigenvalue weighted by Gasteiger charge is -2.35. The number of hydrogen-bond donors (Lipinski definition) is 3. The molecule has 2 aromatic carbocycles. The first kappa shape index (κ1) is 17.5. The lowest BCUT2D eigenvalue weighted by molar-refractivity contribution is 0.0535. The molecule has 3 N–H and O–H groups in total. The van der Waals surface area contributed by atoms with Gasteiger partial charge in [-0.15, -0.1) is 0 Å². The molecular weight excluding hydrogens is 343 g/mol. The number of halogens is 1. The minimum Gasteiger partial charge on any atom is -0.504 e. The van der Waals surface area contributed by atoms with Gasteiger partial charge in [0.25, 0.3) is 11.8 Å². The van der Waals surface area contributed by atoms with Crippen molar-refractivity contribution in [3.05, 3.63) is 53.3 Å². The van der Waals surface area contributed by atoms with Crippen LogP contribution >= 0.6 is 0 Å². The van der Waals surface area contributed by atoms with E-state index in [9.17, 15) is 29.3 Å². The third kappa shape index (κ3) is 3.39. The van der Waals surface area contributed by atoms with Crippen molar-refractivity contribution in [2.24, 2.45) is 0 Å². The van der Waals surface area contributed by atoms with Crippen LogP contribution in [0, 0.1) is 5.82 Å². The van der Waals surface area contributed by atoms with Crippen LogP contribution in [-0.4, -0.2) is 63.1 Å². The number of carbonyl (C=O) groups is 2. The summed E-state index contributed by atoms with van der Waals surface area (Å²) in [7, 11) is 0. The van der Waals surface area contributed by atoms with Gasteiger partial charge in [0.05, 0.1) is 0 Å². The monoisotopic (exact) mass is 360 g/mol. The van der Waals surface area contributed by atoms with Crippen molar-refractivity contribution >= 4 is 11.8 Å². The molecule has 0 atom stereocenters. The molecule has 1 aliphatic heterocycles. The molecule has 0 aromatic heterocycles. The molecule has 0 radical (unpaired) electrons. The van der Waals surface area contributed by atoms with Gasteiger partial charge in [0.1, 0.15) is 5.82 Å². The molecule has 3 rings (SSSR count). The smallest absolute Gasteiger partial charge is 0.254 e. The third-order valence-electron chi connectivity index (χ3n) is 4.24. The van der Waals surface area contributed by atoms with Crippen molar-refractivity contribution in [1.82, 2.24) is 9.80 Å². The highest BCUT2D eigenvalue weighted by molar-refractivity contribution is 5.96. The first-order chi connectivity index (χ1) is 12.4. The summed E-state index contributed by atoms with van der Waals surface area (Å²) in [4.78, 5) is 27.9. The van der Waals surface area contributed by atoms with Gasteiger partial charge in [-0.25, -0.2) is 4.39 Å². The number of rotatable bonds is 2. The second-order valence-electron chi connectivity index (χ2n) is 5.96. The van der Waals surface area contributed by atoms with E-state index in [0.29, 0.717) is 0 Å². The standard InChI is InChI=1S/C18H17FN2O5/c19-13-3-1-2-11(8-13)17(25)20-4-6-21(7-5-20)18(26)12-9-14(22)16(24)15(23)10-12/h1-3,8-10,22-24H,4-7H2. The van der Waals surface area contributed by atoms with E-state index in [0.717, 1.165) is 12.1 Å². The fraction of sp³-hybridized carbons (Fsp3) is 0.222. The number of phenols is 3. The number of carbonyl (C=O) groups excluding carboxylic acids is 2. The summed E-state index contributed by atoms with van der Waals surface area (Å²) < 4.78 is 13.3. The molecule has 2 aromatic rings. The van der Waals surface area contributed by atoms with Gasteiger partial charge in [0.15, 0.2) is 17.2 Å². The van der Waals surface area contributed by atoms with E-state index in [4.69, 9.17) is 0 Å². The summed E-state index contributed by atoms with van der Waals surface area (Å²) in [6.45, 7) is 1.05. The summed E-state index contributed by atoms with van der Waals surface area (Å²) in [5.41, 5.74) is 0.279. The molecule has 26 heavy (non-hydrogen) atoms. The molecule has 0 saturated carbocycles.